The van der Waals surface area contributed by atoms with Crippen molar-refractivity contribution < 1.29 is 25.8 Å². The molecule has 0 saturated heterocycles. The monoisotopic (exact) mass is 316 g/mol. The number of hydrogen-bond acceptors (Lipinski definition) is 3. The Morgan fingerprint density at radius 1 is 0.952 bits per heavy atom. The third kappa shape index (κ3) is 3.55. The minimum absolute atomic E-state index is 0.136. The molecule has 0 fully saturated rings. The maximum Gasteiger partial charge on any atom is 0.416 e. The molecule has 0 atom stereocenters. The van der Waals surface area contributed by atoms with Crippen LogP contribution in [0, 0.1) is 6.92 Å². The van der Waals surface area contributed by atoms with E-state index >= 15 is 0 Å². The highest BCUT2D eigenvalue weighted by Crippen LogP contribution is 2.30. The second-order valence-electron chi connectivity index (χ2n) is 4.33. The van der Waals surface area contributed by atoms with Gasteiger partial charge in [-0.2, -0.15) is 21.6 Å². The topological polar surface area (TPSA) is 43.4 Å². The number of para-hydroxylation sites is 1. The second kappa shape index (κ2) is 5.40. The molecule has 0 bridgehead atoms. The summed E-state index contributed by atoms with van der Waals surface area (Å²) in [6.45, 7) is 1.66. The van der Waals surface area contributed by atoms with E-state index in [1.807, 2.05) is 0 Å². The molecule has 0 heterocycles. The molecular formula is C14H11F3O3S. The number of halogens is 3. The average Bonchev–Trinajstić information content (AvgIpc) is 2.40. The highest BCUT2D eigenvalue weighted by Gasteiger charge is 2.30. The van der Waals surface area contributed by atoms with Crippen LogP contribution in [0.15, 0.2) is 53.4 Å². The van der Waals surface area contributed by atoms with Crippen molar-refractivity contribution in [2.75, 3.05) is 0 Å². The predicted octanol–water partition coefficient (Wildman–Crippen LogP) is 3.78. The van der Waals surface area contributed by atoms with Gasteiger partial charge >= 0.3 is 16.3 Å². The molecule has 0 amide bonds. The maximum absolute atomic E-state index is 12.4. The van der Waals surface area contributed by atoms with Gasteiger partial charge in [0.1, 0.15) is 10.6 Å². The molecule has 7 heteroatoms. The summed E-state index contributed by atoms with van der Waals surface area (Å²) < 4.78 is 66.3. The minimum atomic E-state index is -4.51. The van der Waals surface area contributed by atoms with Crippen LogP contribution in [-0.2, 0) is 16.3 Å². The highest BCUT2D eigenvalue weighted by atomic mass is 32.2. The minimum Gasteiger partial charge on any atom is -0.379 e. The van der Waals surface area contributed by atoms with Crippen LogP contribution in [0.4, 0.5) is 13.2 Å². The van der Waals surface area contributed by atoms with Gasteiger partial charge in [-0.3, -0.25) is 0 Å². The van der Waals surface area contributed by atoms with Gasteiger partial charge in [0.25, 0.3) is 0 Å². The Bertz CT molecular complexity index is 735. The number of benzene rings is 2. The van der Waals surface area contributed by atoms with E-state index in [1.54, 1.807) is 25.1 Å². The Labute approximate surface area is 120 Å². The third-order valence-electron chi connectivity index (χ3n) is 2.76. The molecule has 21 heavy (non-hydrogen) atoms. The fourth-order valence-electron chi connectivity index (χ4n) is 1.63. The Kier molecular flexibility index (Phi) is 3.95. The Morgan fingerprint density at radius 3 is 2.05 bits per heavy atom. The number of rotatable bonds is 3. The van der Waals surface area contributed by atoms with Gasteiger partial charge in [-0.15, -0.1) is 0 Å². The van der Waals surface area contributed by atoms with Crippen molar-refractivity contribution in [3.63, 3.8) is 0 Å². The predicted molar refractivity (Wildman–Crippen MR) is 70.4 cm³/mol. The standard InChI is InChI=1S/C14H11F3O3S/c1-10-4-2-3-5-13(10)20-21(18,19)12-8-6-11(7-9-12)14(15,16)17/h2-9H,1H3. The molecule has 2 aromatic carbocycles. The van der Waals surface area contributed by atoms with E-state index < -0.39 is 21.9 Å². The van der Waals surface area contributed by atoms with Crippen molar-refractivity contribution in [2.24, 2.45) is 0 Å². The largest absolute Gasteiger partial charge is 0.416 e. The Morgan fingerprint density at radius 2 is 1.52 bits per heavy atom. The SMILES string of the molecule is Cc1ccccc1OS(=O)(=O)c1ccc(C(F)(F)F)cc1. The van der Waals surface area contributed by atoms with Gasteiger partial charge in [0.05, 0.1) is 5.56 Å². The molecule has 0 aromatic heterocycles. The van der Waals surface area contributed by atoms with Gasteiger partial charge in [-0.05, 0) is 42.8 Å². The van der Waals surface area contributed by atoms with Crippen LogP contribution >= 0.6 is 0 Å². The zero-order valence-corrected chi connectivity index (χ0v) is 11.7. The van der Waals surface area contributed by atoms with Crippen LogP contribution in [0.1, 0.15) is 11.1 Å². The maximum atomic E-state index is 12.4. The summed E-state index contributed by atoms with van der Waals surface area (Å²) in [6, 6.07) is 9.60. The Balaban J connectivity index is 2.30. The van der Waals surface area contributed by atoms with Gasteiger partial charge < -0.3 is 4.18 Å². The molecule has 0 N–H and O–H groups in total. The van der Waals surface area contributed by atoms with E-state index in [1.165, 1.54) is 6.07 Å². The van der Waals surface area contributed by atoms with E-state index in [2.05, 4.69) is 0 Å². The first-order chi connectivity index (χ1) is 9.70. The number of hydrogen-bond donors (Lipinski definition) is 0. The highest BCUT2D eigenvalue weighted by molar-refractivity contribution is 7.87. The summed E-state index contributed by atoms with van der Waals surface area (Å²) in [5.41, 5.74) is -0.315. The van der Waals surface area contributed by atoms with Gasteiger partial charge in [-0.1, -0.05) is 18.2 Å². The van der Waals surface area contributed by atoms with Gasteiger partial charge in [0.15, 0.2) is 0 Å². The molecule has 0 aliphatic rings. The molecule has 3 nitrogen and oxygen atoms in total. The molecular weight excluding hydrogens is 305 g/mol. The summed E-state index contributed by atoms with van der Waals surface area (Å²) in [5.74, 6) is 0.136. The van der Waals surface area contributed by atoms with E-state index in [4.69, 9.17) is 4.18 Å². The number of aryl methyl sites for hydroxylation is 1. The van der Waals surface area contributed by atoms with Crippen molar-refractivity contribution in [2.45, 2.75) is 18.0 Å². The van der Waals surface area contributed by atoms with Crippen LogP contribution in [0.3, 0.4) is 0 Å². The first kappa shape index (κ1) is 15.4. The molecule has 0 unspecified atom stereocenters. The van der Waals surface area contributed by atoms with E-state index in [9.17, 15) is 21.6 Å². The van der Waals surface area contributed by atoms with Crippen LogP contribution in [-0.4, -0.2) is 8.42 Å². The quantitative estimate of drug-likeness (QED) is 0.809. The van der Waals surface area contributed by atoms with Crippen LogP contribution in [0.25, 0.3) is 0 Å². The van der Waals surface area contributed by atoms with E-state index in [0.29, 0.717) is 17.7 Å². The average molecular weight is 316 g/mol. The van der Waals surface area contributed by atoms with Crippen molar-refractivity contribution in [1.29, 1.82) is 0 Å². The number of alkyl halides is 3. The van der Waals surface area contributed by atoms with Crippen LogP contribution in [0.2, 0.25) is 0 Å². The molecule has 112 valence electrons. The fraction of sp³-hybridized carbons (Fsp3) is 0.143. The molecule has 0 radical (unpaired) electrons. The first-order valence-electron chi connectivity index (χ1n) is 5.87. The smallest absolute Gasteiger partial charge is 0.379 e. The summed E-state index contributed by atoms with van der Waals surface area (Å²) in [4.78, 5) is -0.334. The lowest BCUT2D eigenvalue weighted by atomic mass is 10.2. The first-order valence-corrected chi connectivity index (χ1v) is 7.28. The lowest BCUT2D eigenvalue weighted by molar-refractivity contribution is -0.137. The Hall–Kier alpha value is -2.02. The summed E-state index contributed by atoms with van der Waals surface area (Å²) in [7, 11) is -4.17. The zero-order valence-electron chi connectivity index (χ0n) is 10.9. The van der Waals surface area contributed by atoms with Gasteiger partial charge in [0, 0.05) is 0 Å². The third-order valence-corrected chi connectivity index (χ3v) is 4.01. The van der Waals surface area contributed by atoms with Crippen molar-refractivity contribution >= 4 is 10.1 Å². The fourth-order valence-corrected chi connectivity index (χ4v) is 2.62. The van der Waals surface area contributed by atoms with Crippen LogP contribution in [0.5, 0.6) is 5.75 Å². The van der Waals surface area contributed by atoms with Gasteiger partial charge in [-0.25, -0.2) is 0 Å². The van der Waals surface area contributed by atoms with Gasteiger partial charge in [0.2, 0.25) is 0 Å². The zero-order chi connectivity index (χ0) is 15.7. The molecule has 2 rings (SSSR count). The van der Waals surface area contributed by atoms with Crippen molar-refractivity contribution in [1.82, 2.24) is 0 Å². The summed E-state index contributed by atoms with van der Waals surface area (Å²) in [5, 5.41) is 0. The summed E-state index contributed by atoms with van der Waals surface area (Å²) in [6.07, 6.45) is -4.51. The van der Waals surface area contributed by atoms with Crippen molar-refractivity contribution in [3.05, 3.63) is 59.7 Å². The van der Waals surface area contributed by atoms with E-state index in [-0.39, 0.29) is 10.6 Å². The molecule has 0 spiro atoms. The van der Waals surface area contributed by atoms with Crippen LogP contribution < -0.4 is 4.18 Å². The lowest BCUT2D eigenvalue weighted by Crippen LogP contribution is -2.11. The lowest BCUT2D eigenvalue weighted by Gasteiger charge is -2.10. The normalized spacial score (nSPS) is 12.2. The van der Waals surface area contributed by atoms with Crippen molar-refractivity contribution in [3.8, 4) is 5.75 Å². The molecule has 0 saturated carbocycles. The second-order valence-corrected chi connectivity index (χ2v) is 5.87. The molecule has 0 aliphatic heterocycles. The molecule has 2 aromatic rings. The summed E-state index contributed by atoms with van der Waals surface area (Å²) >= 11 is 0. The van der Waals surface area contributed by atoms with E-state index in [0.717, 1.165) is 12.1 Å². The molecule has 0 aliphatic carbocycles.